The van der Waals surface area contributed by atoms with Crippen LogP contribution in [0, 0.1) is 5.41 Å². The molecule has 0 spiro atoms. The van der Waals surface area contributed by atoms with Crippen LogP contribution in [0.25, 0.3) is 11.1 Å². The van der Waals surface area contributed by atoms with Crippen molar-refractivity contribution >= 4 is 11.8 Å². The Hall–Kier alpha value is -3.28. The number of carboxylic acid groups (broad SMARTS) is 1. The van der Waals surface area contributed by atoms with Gasteiger partial charge in [0.15, 0.2) is 5.78 Å². The Morgan fingerprint density at radius 3 is 2.10 bits per heavy atom. The smallest absolute Gasteiger partial charge is 0.326 e. The number of hydrogen-bond acceptors (Lipinski definition) is 5. The number of ether oxygens (including phenoxy) is 2. The molecule has 2 aromatic carbocycles. The fraction of sp³-hybridized carbons (Fsp3) is 0.360. The van der Waals surface area contributed by atoms with Crippen LogP contribution in [-0.2, 0) is 9.59 Å². The normalized spacial score (nSPS) is 16.5. The number of carboxylic acids is 1. The van der Waals surface area contributed by atoms with E-state index in [0.717, 1.165) is 16.7 Å². The average molecular weight is 424 g/mol. The maximum atomic E-state index is 12.2. The molecule has 31 heavy (non-hydrogen) atoms. The molecule has 1 unspecified atom stereocenters. The Labute approximate surface area is 182 Å². The average Bonchev–Trinajstić information content (AvgIpc) is 2.77. The molecular weight excluding hydrogens is 394 g/mol. The van der Waals surface area contributed by atoms with Crippen molar-refractivity contribution in [2.24, 2.45) is 5.41 Å². The standard InChI is InChI=1S/C25H29NO5/c1-6-17(23(24(28)29)26-20-14-21(27)25(20,2)3)16-12-18(30-4)22(19(13-16)31-5)15-10-8-7-9-11-15/h7-14,17,23,26H,6H2,1-5H3,(H,28,29)/t17?,23-/m0/s1. The van der Waals surface area contributed by atoms with Crippen LogP contribution in [-0.4, -0.2) is 37.1 Å². The van der Waals surface area contributed by atoms with Crippen LogP contribution in [0.5, 0.6) is 11.5 Å². The predicted molar refractivity (Wildman–Crippen MR) is 119 cm³/mol. The zero-order chi connectivity index (χ0) is 22.8. The van der Waals surface area contributed by atoms with Crippen molar-refractivity contribution in [3.63, 3.8) is 0 Å². The number of aliphatic carboxylic acids is 1. The summed E-state index contributed by atoms with van der Waals surface area (Å²) >= 11 is 0. The monoisotopic (exact) mass is 423 g/mol. The van der Waals surface area contributed by atoms with Gasteiger partial charge >= 0.3 is 5.97 Å². The van der Waals surface area contributed by atoms with Crippen LogP contribution in [0.1, 0.15) is 38.7 Å². The first-order chi connectivity index (χ1) is 14.7. The van der Waals surface area contributed by atoms with E-state index >= 15 is 0 Å². The summed E-state index contributed by atoms with van der Waals surface area (Å²) in [6.07, 6.45) is 2.05. The number of ketones is 1. The second-order valence-electron chi connectivity index (χ2n) is 8.19. The molecule has 0 radical (unpaired) electrons. The van der Waals surface area contributed by atoms with Crippen molar-refractivity contribution in [2.45, 2.75) is 39.2 Å². The summed E-state index contributed by atoms with van der Waals surface area (Å²) in [6, 6.07) is 12.6. The van der Waals surface area contributed by atoms with Gasteiger partial charge in [0.1, 0.15) is 17.5 Å². The Bertz CT molecular complexity index is 985. The molecule has 0 aliphatic heterocycles. The summed E-state index contributed by atoms with van der Waals surface area (Å²) < 4.78 is 11.3. The van der Waals surface area contributed by atoms with E-state index in [0.29, 0.717) is 23.6 Å². The number of methoxy groups -OCH3 is 2. The van der Waals surface area contributed by atoms with Gasteiger partial charge in [-0.3, -0.25) is 4.79 Å². The van der Waals surface area contributed by atoms with Gasteiger partial charge in [-0.2, -0.15) is 0 Å². The van der Waals surface area contributed by atoms with Crippen molar-refractivity contribution in [3.05, 3.63) is 59.8 Å². The first kappa shape index (κ1) is 22.4. The minimum atomic E-state index is -0.979. The predicted octanol–water partition coefficient (Wildman–Crippen LogP) is 4.40. The number of carbonyl (C=O) groups excluding carboxylic acids is 1. The summed E-state index contributed by atoms with van der Waals surface area (Å²) in [7, 11) is 3.18. The van der Waals surface area contributed by atoms with Crippen molar-refractivity contribution in [1.29, 1.82) is 0 Å². The highest BCUT2D eigenvalue weighted by molar-refractivity contribution is 6.04. The van der Waals surface area contributed by atoms with E-state index in [2.05, 4.69) is 5.32 Å². The molecule has 0 heterocycles. The van der Waals surface area contributed by atoms with E-state index in [1.165, 1.54) is 6.08 Å². The lowest BCUT2D eigenvalue weighted by Crippen LogP contribution is -2.49. The molecule has 0 aromatic heterocycles. The van der Waals surface area contributed by atoms with E-state index in [4.69, 9.17) is 9.47 Å². The first-order valence-corrected chi connectivity index (χ1v) is 10.3. The minimum Gasteiger partial charge on any atom is -0.496 e. The third-order valence-corrected chi connectivity index (χ3v) is 6.00. The summed E-state index contributed by atoms with van der Waals surface area (Å²) in [5.41, 5.74) is 2.50. The van der Waals surface area contributed by atoms with Crippen LogP contribution >= 0.6 is 0 Å². The van der Waals surface area contributed by atoms with Crippen molar-refractivity contribution < 1.29 is 24.2 Å². The van der Waals surface area contributed by atoms with Gasteiger partial charge in [0, 0.05) is 17.7 Å². The number of carbonyl (C=O) groups is 2. The molecule has 2 atom stereocenters. The number of allylic oxidation sites excluding steroid dienone is 2. The van der Waals surface area contributed by atoms with E-state index < -0.39 is 17.4 Å². The van der Waals surface area contributed by atoms with Gasteiger partial charge in [0.05, 0.1) is 25.2 Å². The molecule has 0 bridgehead atoms. The molecule has 0 saturated carbocycles. The van der Waals surface area contributed by atoms with Gasteiger partial charge in [-0.1, -0.05) is 37.3 Å². The van der Waals surface area contributed by atoms with Gasteiger partial charge in [-0.15, -0.1) is 0 Å². The maximum absolute atomic E-state index is 12.2. The number of benzene rings is 2. The SMILES string of the molecule is CCC(c1cc(OC)c(-c2ccccc2)c(OC)c1)[C@H](NC1=CC(=O)C1(C)C)C(=O)O. The minimum absolute atomic E-state index is 0.0114. The van der Waals surface area contributed by atoms with Crippen molar-refractivity contribution in [2.75, 3.05) is 14.2 Å². The van der Waals surface area contributed by atoms with Crippen LogP contribution in [0.4, 0.5) is 0 Å². The Morgan fingerprint density at radius 2 is 1.68 bits per heavy atom. The molecule has 0 amide bonds. The highest BCUT2D eigenvalue weighted by atomic mass is 16.5. The molecule has 0 saturated heterocycles. The molecule has 6 nitrogen and oxygen atoms in total. The van der Waals surface area contributed by atoms with Crippen LogP contribution in [0.3, 0.4) is 0 Å². The third kappa shape index (κ3) is 4.15. The van der Waals surface area contributed by atoms with Crippen LogP contribution in [0.2, 0.25) is 0 Å². The molecule has 164 valence electrons. The van der Waals surface area contributed by atoms with E-state index in [1.807, 2.05) is 49.4 Å². The fourth-order valence-electron chi connectivity index (χ4n) is 3.97. The quantitative estimate of drug-likeness (QED) is 0.622. The molecule has 3 rings (SSSR count). The Kier molecular flexibility index (Phi) is 6.39. The number of nitrogens with one attached hydrogen (secondary N) is 1. The lowest BCUT2D eigenvalue weighted by atomic mass is 9.74. The molecule has 0 fully saturated rings. The third-order valence-electron chi connectivity index (χ3n) is 6.00. The topological polar surface area (TPSA) is 84.9 Å². The molecule has 1 aliphatic carbocycles. The zero-order valence-electron chi connectivity index (χ0n) is 18.6. The second-order valence-corrected chi connectivity index (χ2v) is 8.19. The number of hydrogen-bond donors (Lipinski definition) is 2. The molecule has 2 aromatic rings. The zero-order valence-corrected chi connectivity index (χ0v) is 18.6. The lowest BCUT2D eigenvalue weighted by molar-refractivity contribution is -0.140. The van der Waals surface area contributed by atoms with E-state index in [1.54, 1.807) is 28.1 Å². The number of rotatable bonds is 9. The molecule has 6 heteroatoms. The summed E-state index contributed by atoms with van der Waals surface area (Å²) in [5, 5.41) is 13.1. The fourth-order valence-corrected chi connectivity index (χ4v) is 3.97. The van der Waals surface area contributed by atoms with E-state index in [9.17, 15) is 14.7 Å². The highest BCUT2D eigenvalue weighted by Gasteiger charge is 2.42. The second kappa shape index (κ2) is 8.84. The van der Waals surface area contributed by atoms with Gasteiger partial charge < -0.3 is 19.9 Å². The summed E-state index contributed by atoms with van der Waals surface area (Å²) in [5.74, 6) is -0.128. The van der Waals surface area contributed by atoms with Gasteiger partial charge in [-0.05, 0) is 43.5 Å². The van der Waals surface area contributed by atoms with Crippen LogP contribution < -0.4 is 14.8 Å². The van der Waals surface area contributed by atoms with Crippen molar-refractivity contribution in [3.8, 4) is 22.6 Å². The molecule has 1 aliphatic rings. The molecular formula is C25H29NO5. The largest absolute Gasteiger partial charge is 0.496 e. The maximum Gasteiger partial charge on any atom is 0.326 e. The molecule has 2 N–H and O–H groups in total. The van der Waals surface area contributed by atoms with Crippen molar-refractivity contribution in [1.82, 2.24) is 5.32 Å². The van der Waals surface area contributed by atoms with E-state index in [-0.39, 0.29) is 11.7 Å². The first-order valence-electron chi connectivity index (χ1n) is 10.3. The summed E-state index contributed by atoms with van der Waals surface area (Å²) in [4.78, 5) is 24.1. The van der Waals surface area contributed by atoms with Gasteiger partial charge in [0.25, 0.3) is 0 Å². The van der Waals surface area contributed by atoms with Crippen LogP contribution in [0.15, 0.2) is 54.2 Å². The van der Waals surface area contributed by atoms with Gasteiger partial charge in [-0.25, -0.2) is 4.79 Å². The highest BCUT2D eigenvalue weighted by Crippen LogP contribution is 2.43. The summed E-state index contributed by atoms with van der Waals surface area (Å²) in [6.45, 7) is 5.52. The Balaban J connectivity index is 2.05. The Morgan fingerprint density at radius 1 is 1.10 bits per heavy atom. The van der Waals surface area contributed by atoms with Gasteiger partial charge in [0.2, 0.25) is 0 Å². The lowest BCUT2D eigenvalue weighted by Gasteiger charge is -2.37.